The van der Waals surface area contributed by atoms with Gasteiger partial charge in [0.25, 0.3) is 0 Å². The van der Waals surface area contributed by atoms with Gasteiger partial charge in [0.1, 0.15) is 0 Å². The monoisotopic (exact) mass is 1160 g/mol. The lowest BCUT2D eigenvalue weighted by Gasteiger charge is -2.08. The lowest BCUT2D eigenvalue weighted by atomic mass is 9.96. The van der Waals surface area contributed by atoms with E-state index in [1.54, 1.807) is 12.4 Å². The first kappa shape index (κ1) is 70.2. The van der Waals surface area contributed by atoms with Crippen LogP contribution in [0.3, 0.4) is 0 Å². The molecule has 0 spiro atoms. The standard InChI is InChI=1S/4C13H14.4C8H11N/c2*1-10(2)12-9-5-7-11-6-3-4-8-13(11)12;2*1-10(2)12-8-7-11-5-3-4-6-13(11)9-12;2*1-7(2)8-3-5-9-6-4-8;2*1-7(2)8-4-3-5-9-6-8/h4*3-10H,1-2H3;4*3-7H,1-2H3. The molecule has 456 valence electrons. The second kappa shape index (κ2) is 37.8. The zero-order valence-electron chi connectivity index (χ0n) is 55.8. The predicted molar refractivity (Wildman–Crippen MR) is 385 cm³/mol. The third-order valence-corrected chi connectivity index (χ3v) is 15.2. The number of rotatable bonds is 8. The first-order valence-electron chi connectivity index (χ1n) is 31.9. The first-order valence-corrected chi connectivity index (χ1v) is 31.9. The minimum atomic E-state index is 0.596. The highest BCUT2D eigenvalue weighted by Crippen LogP contribution is 2.27. The smallest absolute Gasteiger partial charge is 0.0302 e. The summed E-state index contributed by atoms with van der Waals surface area (Å²) in [6, 6.07) is 76.8. The quantitative estimate of drug-likeness (QED) is 0.152. The summed E-state index contributed by atoms with van der Waals surface area (Å²) >= 11 is 0. The van der Waals surface area contributed by atoms with Crippen molar-refractivity contribution in [1.29, 1.82) is 0 Å². The number of hydrogen-bond acceptors (Lipinski definition) is 4. The van der Waals surface area contributed by atoms with Gasteiger partial charge >= 0.3 is 0 Å². The number of nitrogens with zero attached hydrogens (tertiary/aromatic N) is 4. The fraction of sp³-hybridized carbons (Fsp3) is 0.286. The lowest BCUT2D eigenvalue weighted by Crippen LogP contribution is -1.88. The Balaban J connectivity index is 0.000000184. The van der Waals surface area contributed by atoms with Crippen molar-refractivity contribution >= 4 is 43.1 Å². The molecule has 0 unspecified atom stereocenters. The van der Waals surface area contributed by atoms with Gasteiger partial charge in [-0.15, -0.1) is 0 Å². The molecule has 12 aromatic rings. The molecule has 0 saturated heterocycles. The molecular formula is C84H100N4. The molecule has 4 heterocycles. The maximum absolute atomic E-state index is 4.01. The molecule has 0 bridgehead atoms. The normalized spacial score (nSPS) is 10.6. The van der Waals surface area contributed by atoms with Crippen molar-refractivity contribution in [3.8, 4) is 0 Å². The van der Waals surface area contributed by atoms with Crippen LogP contribution in [0.4, 0.5) is 0 Å². The molecule has 0 saturated carbocycles. The molecule has 88 heavy (non-hydrogen) atoms. The van der Waals surface area contributed by atoms with E-state index in [1.165, 1.54) is 87.6 Å². The fourth-order valence-corrected chi connectivity index (χ4v) is 9.57. The number of benzene rings is 8. The topological polar surface area (TPSA) is 51.6 Å². The molecule has 0 amide bonds. The van der Waals surface area contributed by atoms with Gasteiger partial charge in [-0.3, -0.25) is 19.9 Å². The van der Waals surface area contributed by atoms with Crippen molar-refractivity contribution in [2.24, 2.45) is 0 Å². The molecule has 12 rings (SSSR count). The van der Waals surface area contributed by atoms with Crippen LogP contribution in [0.2, 0.25) is 0 Å². The molecule has 0 radical (unpaired) electrons. The first-order chi connectivity index (χ1) is 42.3. The molecule has 4 nitrogen and oxygen atoms in total. The molecule has 0 aliphatic rings. The van der Waals surface area contributed by atoms with E-state index >= 15 is 0 Å². The Kier molecular flexibility index (Phi) is 30.2. The summed E-state index contributed by atoms with van der Waals surface area (Å²) in [6.45, 7) is 35.2. The zero-order chi connectivity index (χ0) is 63.8. The Morgan fingerprint density at radius 1 is 0.193 bits per heavy atom. The Labute approximate surface area is 530 Å². The molecule has 0 aliphatic heterocycles. The van der Waals surface area contributed by atoms with E-state index in [1.807, 2.05) is 73.6 Å². The highest BCUT2D eigenvalue weighted by Gasteiger charge is 2.06. The Hall–Kier alpha value is -8.60. The number of hydrogen-bond donors (Lipinski definition) is 0. The molecule has 0 fully saturated rings. The van der Waals surface area contributed by atoms with E-state index in [0.29, 0.717) is 47.3 Å². The van der Waals surface area contributed by atoms with Gasteiger partial charge in [0.05, 0.1) is 0 Å². The highest BCUT2D eigenvalue weighted by atomic mass is 14.6. The van der Waals surface area contributed by atoms with Crippen molar-refractivity contribution in [1.82, 2.24) is 19.9 Å². The van der Waals surface area contributed by atoms with E-state index < -0.39 is 0 Å². The molecule has 4 heteroatoms. The summed E-state index contributed by atoms with van der Waals surface area (Å²) in [5, 5.41) is 10.8. The van der Waals surface area contributed by atoms with Crippen LogP contribution < -0.4 is 0 Å². The fourth-order valence-electron chi connectivity index (χ4n) is 9.57. The van der Waals surface area contributed by atoms with E-state index in [9.17, 15) is 0 Å². The molecule has 0 atom stereocenters. The van der Waals surface area contributed by atoms with Crippen LogP contribution in [0.1, 0.15) is 203 Å². The highest BCUT2D eigenvalue weighted by molar-refractivity contribution is 5.87. The summed E-state index contributed by atoms with van der Waals surface area (Å²) < 4.78 is 0. The van der Waals surface area contributed by atoms with Gasteiger partial charge in [-0.25, -0.2) is 0 Å². The van der Waals surface area contributed by atoms with Crippen LogP contribution >= 0.6 is 0 Å². The van der Waals surface area contributed by atoms with E-state index in [-0.39, 0.29) is 0 Å². The largest absolute Gasteiger partial charge is 0.265 e. The SMILES string of the molecule is CC(C)c1ccc2ccccc2c1.CC(C)c1ccc2ccccc2c1.CC(C)c1cccc2ccccc12.CC(C)c1cccc2ccccc12.CC(C)c1cccnc1.CC(C)c1cccnc1.CC(C)c1ccncc1.CC(C)c1ccncc1. The summed E-state index contributed by atoms with van der Waals surface area (Å²) in [7, 11) is 0. The second-order valence-corrected chi connectivity index (χ2v) is 24.7. The maximum atomic E-state index is 4.01. The van der Waals surface area contributed by atoms with Crippen molar-refractivity contribution in [3.05, 3.63) is 312 Å². The minimum Gasteiger partial charge on any atom is -0.265 e. The number of fused-ring (bicyclic) bond motifs is 4. The van der Waals surface area contributed by atoms with Gasteiger partial charge in [0, 0.05) is 49.6 Å². The van der Waals surface area contributed by atoms with Gasteiger partial charge in [0.15, 0.2) is 0 Å². The zero-order valence-corrected chi connectivity index (χ0v) is 55.8. The van der Waals surface area contributed by atoms with Crippen molar-refractivity contribution < 1.29 is 0 Å². The maximum Gasteiger partial charge on any atom is 0.0302 e. The minimum absolute atomic E-state index is 0.596. The predicted octanol–water partition coefficient (Wildman–Crippen LogP) is 24.7. The van der Waals surface area contributed by atoms with Gasteiger partial charge in [0.2, 0.25) is 0 Å². The number of pyridine rings is 4. The molecule has 0 N–H and O–H groups in total. The van der Waals surface area contributed by atoms with Gasteiger partial charge < -0.3 is 0 Å². The van der Waals surface area contributed by atoms with Gasteiger partial charge in [-0.2, -0.15) is 0 Å². The van der Waals surface area contributed by atoms with Crippen LogP contribution in [0.25, 0.3) is 43.1 Å². The van der Waals surface area contributed by atoms with Crippen molar-refractivity contribution in [3.63, 3.8) is 0 Å². The molecular weight excluding hydrogens is 1060 g/mol. The Morgan fingerprint density at radius 2 is 0.489 bits per heavy atom. The molecule has 4 aromatic heterocycles. The third kappa shape index (κ3) is 23.9. The summed E-state index contributed by atoms with van der Waals surface area (Å²) in [6.07, 6.45) is 14.7. The average molecular weight is 1170 g/mol. The summed E-state index contributed by atoms with van der Waals surface area (Å²) in [5.41, 5.74) is 11.0. The van der Waals surface area contributed by atoms with Crippen LogP contribution in [0.5, 0.6) is 0 Å². The van der Waals surface area contributed by atoms with Crippen LogP contribution in [-0.2, 0) is 0 Å². The van der Waals surface area contributed by atoms with Crippen molar-refractivity contribution in [2.45, 2.75) is 158 Å². The van der Waals surface area contributed by atoms with Gasteiger partial charge in [-0.05, 0) is 171 Å². The number of aromatic nitrogens is 4. The third-order valence-electron chi connectivity index (χ3n) is 15.2. The van der Waals surface area contributed by atoms with E-state index in [4.69, 9.17) is 0 Å². The average Bonchev–Trinajstić information content (AvgIpc) is 3.36. The van der Waals surface area contributed by atoms with Crippen LogP contribution in [0.15, 0.2) is 268 Å². The van der Waals surface area contributed by atoms with Crippen molar-refractivity contribution in [2.75, 3.05) is 0 Å². The molecule has 8 aromatic carbocycles. The van der Waals surface area contributed by atoms with Crippen LogP contribution in [0, 0.1) is 0 Å². The van der Waals surface area contributed by atoms with E-state index in [2.05, 4.69) is 313 Å². The molecule has 0 aliphatic carbocycles. The lowest BCUT2D eigenvalue weighted by molar-refractivity contribution is 0.858. The summed E-state index contributed by atoms with van der Waals surface area (Å²) in [5.74, 6) is 4.87. The summed E-state index contributed by atoms with van der Waals surface area (Å²) in [4.78, 5) is 15.9. The van der Waals surface area contributed by atoms with Gasteiger partial charge in [-0.1, -0.05) is 293 Å². The Bertz CT molecular complexity index is 3450. The Morgan fingerprint density at radius 3 is 0.761 bits per heavy atom. The second-order valence-electron chi connectivity index (χ2n) is 24.7. The van der Waals surface area contributed by atoms with Crippen LogP contribution in [-0.4, -0.2) is 19.9 Å². The van der Waals surface area contributed by atoms with E-state index in [0.717, 1.165) is 0 Å².